The van der Waals surface area contributed by atoms with Crippen molar-refractivity contribution >= 4 is 11.6 Å². The number of aromatic nitrogens is 3. The van der Waals surface area contributed by atoms with Gasteiger partial charge in [0.15, 0.2) is 0 Å². The van der Waals surface area contributed by atoms with E-state index in [1.807, 2.05) is 23.6 Å². The zero-order chi connectivity index (χ0) is 10.8. The SMILES string of the molecule is CCc1nc2ncccn2c1CC(C)=O. The molecule has 2 aromatic heterocycles. The van der Waals surface area contributed by atoms with E-state index < -0.39 is 0 Å². The van der Waals surface area contributed by atoms with Crippen LogP contribution in [0.25, 0.3) is 5.78 Å². The van der Waals surface area contributed by atoms with E-state index >= 15 is 0 Å². The first-order chi connectivity index (χ1) is 7.22. The average Bonchev–Trinajstić information content (AvgIpc) is 2.56. The molecule has 0 aromatic carbocycles. The smallest absolute Gasteiger partial charge is 0.234 e. The Labute approximate surface area is 88.0 Å². The molecule has 0 fully saturated rings. The summed E-state index contributed by atoms with van der Waals surface area (Å²) in [5.41, 5.74) is 1.93. The molecule has 0 bridgehead atoms. The highest BCUT2D eigenvalue weighted by molar-refractivity contribution is 5.78. The minimum absolute atomic E-state index is 0.148. The number of imidazole rings is 1. The molecule has 2 aromatic rings. The van der Waals surface area contributed by atoms with E-state index in [9.17, 15) is 4.79 Å². The van der Waals surface area contributed by atoms with Crippen molar-refractivity contribution in [2.24, 2.45) is 0 Å². The second-order valence-electron chi connectivity index (χ2n) is 3.53. The third-order valence-electron chi connectivity index (χ3n) is 2.34. The number of hydrogen-bond acceptors (Lipinski definition) is 3. The summed E-state index contributed by atoms with van der Waals surface area (Å²) in [6.07, 6.45) is 4.86. The fourth-order valence-electron chi connectivity index (χ4n) is 1.69. The molecular formula is C11H13N3O. The van der Waals surface area contributed by atoms with Gasteiger partial charge in [-0.25, -0.2) is 9.97 Å². The van der Waals surface area contributed by atoms with Crippen LogP contribution in [-0.4, -0.2) is 20.2 Å². The molecule has 0 aliphatic carbocycles. The van der Waals surface area contributed by atoms with E-state index in [0.29, 0.717) is 12.2 Å². The first-order valence-electron chi connectivity index (χ1n) is 5.02. The Kier molecular flexibility index (Phi) is 2.49. The molecule has 0 saturated carbocycles. The van der Waals surface area contributed by atoms with Gasteiger partial charge in [0.25, 0.3) is 0 Å². The number of carbonyl (C=O) groups is 1. The van der Waals surface area contributed by atoms with Gasteiger partial charge in [0.05, 0.1) is 11.4 Å². The lowest BCUT2D eigenvalue weighted by atomic mass is 10.2. The van der Waals surface area contributed by atoms with Gasteiger partial charge in [-0.05, 0) is 19.4 Å². The van der Waals surface area contributed by atoms with Gasteiger partial charge in [0.1, 0.15) is 5.78 Å². The Bertz CT molecular complexity index is 502. The molecule has 0 amide bonds. The zero-order valence-corrected chi connectivity index (χ0v) is 8.90. The van der Waals surface area contributed by atoms with Crippen LogP contribution in [0.15, 0.2) is 18.5 Å². The van der Waals surface area contributed by atoms with Crippen molar-refractivity contribution in [3.8, 4) is 0 Å². The summed E-state index contributed by atoms with van der Waals surface area (Å²) in [7, 11) is 0. The van der Waals surface area contributed by atoms with Crippen molar-refractivity contribution in [3.05, 3.63) is 29.8 Å². The first-order valence-corrected chi connectivity index (χ1v) is 5.02. The highest BCUT2D eigenvalue weighted by atomic mass is 16.1. The van der Waals surface area contributed by atoms with Crippen LogP contribution in [0.1, 0.15) is 25.2 Å². The van der Waals surface area contributed by atoms with Gasteiger partial charge in [-0.3, -0.25) is 9.20 Å². The molecule has 4 heteroatoms. The van der Waals surface area contributed by atoms with E-state index in [1.54, 1.807) is 13.1 Å². The summed E-state index contributed by atoms with van der Waals surface area (Å²) in [6, 6.07) is 1.84. The molecule has 0 atom stereocenters. The standard InChI is InChI=1S/C11H13N3O/c1-3-9-10(7-8(2)15)14-6-4-5-12-11(14)13-9/h4-6H,3,7H2,1-2H3. The van der Waals surface area contributed by atoms with E-state index in [1.165, 1.54) is 0 Å². The van der Waals surface area contributed by atoms with Crippen LogP contribution in [0.2, 0.25) is 0 Å². The Morgan fingerprint density at radius 1 is 1.53 bits per heavy atom. The van der Waals surface area contributed by atoms with Gasteiger partial charge in [-0.1, -0.05) is 6.92 Å². The van der Waals surface area contributed by atoms with Gasteiger partial charge in [0.2, 0.25) is 5.78 Å². The third kappa shape index (κ3) is 1.75. The number of aryl methyl sites for hydroxylation is 1. The predicted molar refractivity (Wildman–Crippen MR) is 56.8 cm³/mol. The van der Waals surface area contributed by atoms with E-state index in [-0.39, 0.29) is 5.78 Å². The molecule has 4 nitrogen and oxygen atoms in total. The molecule has 78 valence electrons. The van der Waals surface area contributed by atoms with Crippen molar-refractivity contribution < 1.29 is 4.79 Å². The highest BCUT2D eigenvalue weighted by Gasteiger charge is 2.12. The molecular weight excluding hydrogens is 190 g/mol. The summed E-state index contributed by atoms with van der Waals surface area (Å²) in [5.74, 6) is 0.820. The van der Waals surface area contributed by atoms with Crippen LogP contribution in [0.5, 0.6) is 0 Å². The normalized spacial score (nSPS) is 10.8. The topological polar surface area (TPSA) is 47.3 Å². The third-order valence-corrected chi connectivity index (χ3v) is 2.34. The molecule has 0 N–H and O–H groups in total. The Balaban J connectivity index is 2.61. The predicted octanol–water partition coefficient (Wildman–Crippen LogP) is 1.42. The van der Waals surface area contributed by atoms with Gasteiger partial charge >= 0.3 is 0 Å². The van der Waals surface area contributed by atoms with Crippen LogP contribution >= 0.6 is 0 Å². The molecule has 0 spiro atoms. The largest absolute Gasteiger partial charge is 0.300 e. The van der Waals surface area contributed by atoms with Gasteiger partial charge in [0, 0.05) is 18.8 Å². The van der Waals surface area contributed by atoms with Crippen LogP contribution in [0.3, 0.4) is 0 Å². The number of rotatable bonds is 3. The first kappa shape index (κ1) is 9.83. The van der Waals surface area contributed by atoms with Crippen LogP contribution in [0, 0.1) is 0 Å². The van der Waals surface area contributed by atoms with Crippen molar-refractivity contribution in [3.63, 3.8) is 0 Å². The minimum atomic E-state index is 0.148. The Morgan fingerprint density at radius 3 is 3.00 bits per heavy atom. The second kappa shape index (κ2) is 3.81. The summed E-state index contributed by atoms with van der Waals surface area (Å²) in [6.45, 7) is 3.63. The summed E-state index contributed by atoms with van der Waals surface area (Å²) >= 11 is 0. The molecule has 15 heavy (non-hydrogen) atoms. The summed E-state index contributed by atoms with van der Waals surface area (Å²) < 4.78 is 1.89. The van der Waals surface area contributed by atoms with Gasteiger partial charge in [-0.15, -0.1) is 0 Å². The average molecular weight is 203 g/mol. The summed E-state index contributed by atoms with van der Waals surface area (Å²) in [5, 5.41) is 0. The maximum Gasteiger partial charge on any atom is 0.234 e. The lowest BCUT2D eigenvalue weighted by Gasteiger charge is -1.99. The van der Waals surface area contributed by atoms with Crippen LogP contribution < -0.4 is 0 Å². The van der Waals surface area contributed by atoms with Crippen molar-refractivity contribution in [2.75, 3.05) is 0 Å². The van der Waals surface area contributed by atoms with Gasteiger partial charge in [-0.2, -0.15) is 0 Å². The second-order valence-corrected chi connectivity index (χ2v) is 3.53. The highest BCUT2D eigenvalue weighted by Crippen LogP contribution is 2.12. The fraction of sp³-hybridized carbons (Fsp3) is 0.364. The molecule has 0 saturated heterocycles. The van der Waals surface area contributed by atoms with Crippen molar-refractivity contribution in [1.82, 2.24) is 14.4 Å². The zero-order valence-electron chi connectivity index (χ0n) is 8.90. The number of ketones is 1. The molecule has 0 radical (unpaired) electrons. The van der Waals surface area contributed by atoms with Crippen LogP contribution in [-0.2, 0) is 17.6 Å². The molecule has 2 rings (SSSR count). The molecule has 2 heterocycles. The number of carbonyl (C=O) groups excluding carboxylic acids is 1. The van der Waals surface area contributed by atoms with E-state index in [4.69, 9.17) is 0 Å². The lowest BCUT2D eigenvalue weighted by Crippen LogP contribution is -2.03. The maximum absolute atomic E-state index is 11.2. The van der Waals surface area contributed by atoms with E-state index in [0.717, 1.165) is 17.8 Å². The Morgan fingerprint density at radius 2 is 2.33 bits per heavy atom. The monoisotopic (exact) mass is 203 g/mol. The fourth-order valence-corrected chi connectivity index (χ4v) is 1.69. The maximum atomic E-state index is 11.2. The van der Waals surface area contributed by atoms with Crippen molar-refractivity contribution in [2.45, 2.75) is 26.7 Å². The Hall–Kier alpha value is -1.71. The van der Waals surface area contributed by atoms with E-state index in [2.05, 4.69) is 9.97 Å². The van der Waals surface area contributed by atoms with Crippen molar-refractivity contribution in [1.29, 1.82) is 0 Å². The molecule has 0 unspecified atom stereocenters. The van der Waals surface area contributed by atoms with Crippen LogP contribution in [0.4, 0.5) is 0 Å². The quantitative estimate of drug-likeness (QED) is 0.758. The molecule has 0 aliphatic rings. The number of nitrogens with zero attached hydrogens (tertiary/aromatic N) is 3. The number of fused-ring (bicyclic) bond motifs is 1. The van der Waals surface area contributed by atoms with Gasteiger partial charge < -0.3 is 0 Å². The number of Topliss-reactive ketones (excluding diaryl/α,β-unsaturated/α-hetero) is 1. The number of hydrogen-bond donors (Lipinski definition) is 0. The minimum Gasteiger partial charge on any atom is -0.300 e. The summed E-state index contributed by atoms with van der Waals surface area (Å²) in [4.78, 5) is 19.7. The molecule has 0 aliphatic heterocycles. The lowest BCUT2D eigenvalue weighted by molar-refractivity contribution is -0.116.